The lowest BCUT2D eigenvalue weighted by atomic mass is 10.1. The molecular formula is C18H16N2O. The lowest BCUT2D eigenvalue weighted by Gasteiger charge is -2.07. The average molecular weight is 276 g/mol. The minimum absolute atomic E-state index is 0.572. The van der Waals surface area contributed by atoms with Gasteiger partial charge in [0.05, 0.1) is 12.3 Å². The van der Waals surface area contributed by atoms with Crippen LogP contribution in [0.4, 0.5) is 0 Å². The minimum atomic E-state index is 0.572. The fraction of sp³-hybridized carbons (Fsp3) is 0.111. The topological polar surface area (TPSA) is 35.0 Å². The molecule has 3 nitrogen and oxygen atoms in total. The van der Waals surface area contributed by atoms with Crippen LogP contribution in [0.15, 0.2) is 72.9 Å². The highest BCUT2D eigenvalue weighted by atomic mass is 16.5. The van der Waals surface area contributed by atoms with Gasteiger partial charge >= 0.3 is 0 Å². The van der Waals surface area contributed by atoms with Crippen molar-refractivity contribution < 1.29 is 4.74 Å². The van der Waals surface area contributed by atoms with E-state index in [1.54, 1.807) is 6.20 Å². The highest BCUT2D eigenvalue weighted by Crippen LogP contribution is 2.19. The molecule has 3 aromatic rings. The molecule has 0 atom stereocenters. The third-order valence-corrected chi connectivity index (χ3v) is 3.13. The van der Waals surface area contributed by atoms with Crippen molar-refractivity contribution in [3.63, 3.8) is 0 Å². The molecule has 1 aromatic carbocycles. The maximum absolute atomic E-state index is 5.72. The van der Waals surface area contributed by atoms with Crippen LogP contribution in [0.1, 0.15) is 5.69 Å². The molecule has 0 saturated carbocycles. The van der Waals surface area contributed by atoms with Gasteiger partial charge in [-0.3, -0.25) is 4.98 Å². The van der Waals surface area contributed by atoms with Crippen molar-refractivity contribution in [3.8, 4) is 17.1 Å². The van der Waals surface area contributed by atoms with Crippen molar-refractivity contribution in [1.82, 2.24) is 9.97 Å². The molecule has 0 N–H and O–H groups in total. The Bertz CT molecular complexity index is 684. The van der Waals surface area contributed by atoms with Gasteiger partial charge in [-0.15, -0.1) is 0 Å². The van der Waals surface area contributed by atoms with Crippen LogP contribution in [0.3, 0.4) is 0 Å². The van der Waals surface area contributed by atoms with Crippen LogP contribution in [0.25, 0.3) is 11.3 Å². The number of hydrogen-bond donors (Lipinski definition) is 0. The summed E-state index contributed by atoms with van der Waals surface area (Å²) in [4.78, 5) is 8.81. The highest BCUT2D eigenvalue weighted by Gasteiger charge is 2.01. The zero-order valence-electron chi connectivity index (χ0n) is 11.6. The van der Waals surface area contributed by atoms with E-state index >= 15 is 0 Å². The molecule has 21 heavy (non-hydrogen) atoms. The minimum Gasteiger partial charge on any atom is -0.477 e. The van der Waals surface area contributed by atoms with Crippen molar-refractivity contribution in [2.45, 2.75) is 6.42 Å². The molecule has 3 rings (SSSR count). The summed E-state index contributed by atoms with van der Waals surface area (Å²) in [5.41, 5.74) is 3.04. The zero-order chi connectivity index (χ0) is 14.3. The quantitative estimate of drug-likeness (QED) is 0.711. The Morgan fingerprint density at radius 2 is 1.67 bits per heavy atom. The molecule has 0 bridgehead atoms. The smallest absolute Gasteiger partial charge is 0.213 e. The van der Waals surface area contributed by atoms with Gasteiger partial charge in [-0.1, -0.05) is 42.5 Å². The fourth-order valence-electron chi connectivity index (χ4n) is 2.07. The Kier molecular flexibility index (Phi) is 4.22. The van der Waals surface area contributed by atoms with Crippen molar-refractivity contribution in [3.05, 3.63) is 78.6 Å². The SMILES string of the molecule is c1ccc(-c2cccc(OCCc3ccccn3)n2)cc1. The normalized spacial score (nSPS) is 10.3. The van der Waals surface area contributed by atoms with Crippen molar-refractivity contribution in [2.24, 2.45) is 0 Å². The Hall–Kier alpha value is -2.68. The Balaban J connectivity index is 1.64. The van der Waals surface area contributed by atoms with Gasteiger partial charge in [0.25, 0.3) is 0 Å². The second kappa shape index (κ2) is 6.66. The van der Waals surface area contributed by atoms with E-state index in [1.807, 2.05) is 66.7 Å². The second-order valence-electron chi connectivity index (χ2n) is 4.65. The predicted octanol–water partition coefficient (Wildman–Crippen LogP) is 3.77. The molecule has 0 aliphatic rings. The maximum atomic E-state index is 5.72. The van der Waals surface area contributed by atoms with Crippen molar-refractivity contribution >= 4 is 0 Å². The van der Waals surface area contributed by atoms with Gasteiger partial charge < -0.3 is 4.74 Å². The highest BCUT2D eigenvalue weighted by molar-refractivity contribution is 5.59. The van der Waals surface area contributed by atoms with Gasteiger partial charge in [-0.05, 0) is 18.2 Å². The fourth-order valence-corrected chi connectivity index (χ4v) is 2.07. The first kappa shape index (κ1) is 13.3. The van der Waals surface area contributed by atoms with Gasteiger partial charge in [0.15, 0.2) is 0 Å². The average Bonchev–Trinajstić information content (AvgIpc) is 2.57. The van der Waals surface area contributed by atoms with Gasteiger partial charge in [0.1, 0.15) is 0 Å². The van der Waals surface area contributed by atoms with E-state index in [9.17, 15) is 0 Å². The van der Waals surface area contributed by atoms with Gasteiger partial charge in [0, 0.05) is 29.9 Å². The van der Waals surface area contributed by atoms with Crippen LogP contribution < -0.4 is 4.74 Å². The van der Waals surface area contributed by atoms with E-state index in [0.717, 1.165) is 23.4 Å². The van der Waals surface area contributed by atoms with Crippen LogP contribution in [0, 0.1) is 0 Å². The van der Waals surface area contributed by atoms with E-state index < -0.39 is 0 Å². The molecule has 0 amide bonds. The van der Waals surface area contributed by atoms with Gasteiger partial charge in [-0.2, -0.15) is 0 Å². The second-order valence-corrected chi connectivity index (χ2v) is 4.65. The number of benzene rings is 1. The summed E-state index contributed by atoms with van der Waals surface area (Å²) < 4.78 is 5.72. The molecule has 3 heteroatoms. The predicted molar refractivity (Wildman–Crippen MR) is 83.1 cm³/mol. The van der Waals surface area contributed by atoms with Crippen LogP contribution >= 0.6 is 0 Å². The molecular weight excluding hydrogens is 260 g/mol. The first-order valence-corrected chi connectivity index (χ1v) is 6.97. The molecule has 0 spiro atoms. The molecule has 2 aromatic heterocycles. The Labute approximate surface area is 124 Å². The van der Waals surface area contributed by atoms with Crippen molar-refractivity contribution in [2.75, 3.05) is 6.61 Å². The number of rotatable bonds is 5. The summed E-state index contributed by atoms with van der Waals surface area (Å²) in [5.74, 6) is 0.646. The standard InChI is InChI=1S/C18H16N2O/c1-2-7-15(8-3-1)17-10-6-11-18(20-17)21-14-12-16-9-4-5-13-19-16/h1-11,13H,12,14H2. The van der Waals surface area contributed by atoms with Gasteiger partial charge in [0.2, 0.25) is 5.88 Å². The van der Waals surface area contributed by atoms with E-state index in [0.29, 0.717) is 12.5 Å². The molecule has 0 aliphatic heterocycles. The molecule has 0 radical (unpaired) electrons. The first-order valence-electron chi connectivity index (χ1n) is 6.97. The Morgan fingerprint density at radius 3 is 2.48 bits per heavy atom. The molecule has 0 fully saturated rings. The number of pyridine rings is 2. The Morgan fingerprint density at radius 1 is 0.810 bits per heavy atom. The zero-order valence-corrected chi connectivity index (χ0v) is 11.6. The first-order chi connectivity index (χ1) is 10.4. The molecule has 0 unspecified atom stereocenters. The van der Waals surface area contributed by atoms with Gasteiger partial charge in [-0.25, -0.2) is 4.98 Å². The molecule has 0 aliphatic carbocycles. The van der Waals surface area contributed by atoms with E-state index in [2.05, 4.69) is 9.97 Å². The summed E-state index contributed by atoms with van der Waals surface area (Å²) in [6.45, 7) is 0.572. The lowest BCUT2D eigenvalue weighted by molar-refractivity contribution is 0.308. The largest absolute Gasteiger partial charge is 0.477 e. The number of hydrogen-bond acceptors (Lipinski definition) is 3. The number of nitrogens with zero attached hydrogens (tertiary/aromatic N) is 2. The maximum Gasteiger partial charge on any atom is 0.213 e. The summed E-state index contributed by atoms with van der Waals surface area (Å²) in [5, 5.41) is 0. The summed E-state index contributed by atoms with van der Waals surface area (Å²) in [7, 11) is 0. The summed E-state index contributed by atoms with van der Waals surface area (Å²) in [6, 6.07) is 21.8. The lowest BCUT2D eigenvalue weighted by Crippen LogP contribution is -2.04. The molecule has 2 heterocycles. The van der Waals surface area contributed by atoms with Crippen LogP contribution in [0.5, 0.6) is 5.88 Å². The van der Waals surface area contributed by atoms with Crippen LogP contribution in [0.2, 0.25) is 0 Å². The van der Waals surface area contributed by atoms with Crippen LogP contribution in [-0.2, 0) is 6.42 Å². The molecule has 104 valence electrons. The van der Waals surface area contributed by atoms with E-state index in [4.69, 9.17) is 4.74 Å². The third kappa shape index (κ3) is 3.66. The number of aromatic nitrogens is 2. The number of ether oxygens (including phenoxy) is 1. The monoisotopic (exact) mass is 276 g/mol. The van der Waals surface area contributed by atoms with Crippen LogP contribution in [-0.4, -0.2) is 16.6 Å². The molecule has 0 saturated heterocycles. The summed E-state index contributed by atoms with van der Waals surface area (Å²) in [6.07, 6.45) is 2.57. The van der Waals surface area contributed by atoms with E-state index in [1.165, 1.54) is 0 Å². The third-order valence-electron chi connectivity index (χ3n) is 3.13. The van der Waals surface area contributed by atoms with E-state index in [-0.39, 0.29) is 0 Å². The van der Waals surface area contributed by atoms with Crippen molar-refractivity contribution in [1.29, 1.82) is 0 Å². The summed E-state index contributed by atoms with van der Waals surface area (Å²) >= 11 is 0.